The second-order valence-corrected chi connectivity index (χ2v) is 7.03. The van der Waals surface area contributed by atoms with E-state index >= 15 is 0 Å². The molecule has 0 atom stereocenters. The van der Waals surface area contributed by atoms with Crippen LogP contribution in [0, 0.1) is 0 Å². The first-order valence-electron chi connectivity index (χ1n) is 6.88. The zero-order chi connectivity index (χ0) is 15.5. The Balaban J connectivity index is 2.22. The minimum absolute atomic E-state index is 0.0409. The Morgan fingerprint density at radius 3 is 2.29 bits per heavy atom. The number of hydrogen-bond acceptors (Lipinski definition) is 4. The largest absolute Gasteiger partial charge is 0.481 e. The highest BCUT2D eigenvalue weighted by Crippen LogP contribution is 2.29. The number of aliphatic carboxylic acids is 1. The molecule has 0 bridgehead atoms. The van der Waals surface area contributed by atoms with Crippen LogP contribution in [0.3, 0.4) is 0 Å². The van der Waals surface area contributed by atoms with Crippen molar-refractivity contribution < 1.29 is 23.4 Å². The lowest BCUT2D eigenvalue weighted by Gasteiger charge is -2.36. The molecule has 0 spiro atoms. The first-order valence-corrected chi connectivity index (χ1v) is 8.32. The summed E-state index contributed by atoms with van der Waals surface area (Å²) in [4.78, 5) is 10.8. The molecule has 1 saturated carbocycles. The minimum atomic E-state index is -3.64. The zero-order valence-corrected chi connectivity index (χ0v) is 12.4. The van der Waals surface area contributed by atoms with E-state index in [-0.39, 0.29) is 30.5 Å². The number of benzene rings is 1. The maximum Gasteiger partial charge on any atom is 0.307 e. The van der Waals surface area contributed by atoms with Crippen LogP contribution >= 0.6 is 0 Å². The third-order valence-corrected chi connectivity index (χ3v) is 5.65. The summed E-state index contributed by atoms with van der Waals surface area (Å²) in [6.45, 7) is -0.128. The lowest BCUT2D eigenvalue weighted by molar-refractivity contribution is -0.136. The summed E-state index contributed by atoms with van der Waals surface area (Å²) in [7, 11) is -3.64. The van der Waals surface area contributed by atoms with Gasteiger partial charge in [-0.15, -0.1) is 0 Å². The maximum absolute atomic E-state index is 12.6. The molecular weight excluding hydrogens is 294 g/mol. The lowest BCUT2D eigenvalue weighted by Crippen LogP contribution is -2.45. The number of carboxylic acid groups (broad SMARTS) is 1. The highest BCUT2D eigenvalue weighted by Gasteiger charge is 2.34. The van der Waals surface area contributed by atoms with Gasteiger partial charge in [0.2, 0.25) is 10.0 Å². The monoisotopic (exact) mass is 313 g/mol. The zero-order valence-electron chi connectivity index (χ0n) is 11.6. The van der Waals surface area contributed by atoms with Gasteiger partial charge in [-0.2, -0.15) is 4.31 Å². The molecule has 1 aromatic rings. The molecule has 0 aromatic heterocycles. The van der Waals surface area contributed by atoms with Gasteiger partial charge >= 0.3 is 5.97 Å². The van der Waals surface area contributed by atoms with Crippen molar-refractivity contribution >= 4 is 16.0 Å². The van der Waals surface area contributed by atoms with Crippen LogP contribution in [-0.2, 0) is 21.2 Å². The van der Waals surface area contributed by atoms with Gasteiger partial charge in [-0.05, 0) is 30.5 Å². The smallest absolute Gasteiger partial charge is 0.307 e. The van der Waals surface area contributed by atoms with Crippen LogP contribution in [0.1, 0.15) is 24.8 Å². The quantitative estimate of drug-likeness (QED) is 0.778. The van der Waals surface area contributed by atoms with Crippen molar-refractivity contribution in [2.45, 2.75) is 36.6 Å². The van der Waals surface area contributed by atoms with Crippen molar-refractivity contribution in [1.82, 2.24) is 4.31 Å². The Bertz CT molecular complexity index is 592. The van der Waals surface area contributed by atoms with Gasteiger partial charge < -0.3 is 10.2 Å². The van der Waals surface area contributed by atoms with Crippen LogP contribution in [0.4, 0.5) is 0 Å². The molecule has 2 N–H and O–H groups in total. The molecule has 0 heterocycles. The summed E-state index contributed by atoms with van der Waals surface area (Å²) in [5.41, 5.74) is 0.554. The summed E-state index contributed by atoms with van der Waals surface area (Å²) < 4.78 is 26.5. The standard InChI is InChI=1S/C14H19NO5S/c16-9-8-15(12-2-1-3-12)21(19,20)13-6-4-11(5-7-13)10-14(17)18/h4-7,12,16H,1-3,8-10H2,(H,17,18). The van der Waals surface area contributed by atoms with Crippen LogP contribution in [0.15, 0.2) is 29.2 Å². The molecule has 1 aromatic carbocycles. The topological polar surface area (TPSA) is 94.9 Å². The van der Waals surface area contributed by atoms with E-state index in [9.17, 15) is 13.2 Å². The van der Waals surface area contributed by atoms with E-state index in [0.29, 0.717) is 5.56 Å². The molecule has 0 amide bonds. The number of nitrogens with zero attached hydrogens (tertiary/aromatic N) is 1. The van der Waals surface area contributed by atoms with Gasteiger partial charge in [0.1, 0.15) is 0 Å². The van der Waals surface area contributed by atoms with Crippen LogP contribution in [-0.4, -0.2) is 48.1 Å². The first-order chi connectivity index (χ1) is 9.95. The van der Waals surface area contributed by atoms with Gasteiger partial charge in [0.15, 0.2) is 0 Å². The first kappa shape index (κ1) is 15.9. The number of carboxylic acids is 1. The second kappa shape index (κ2) is 6.55. The summed E-state index contributed by atoms with van der Waals surface area (Å²) in [6, 6.07) is 5.84. The number of rotatable bonds is 7. The Morgan fingerprint density at radius 1 is 1.24 bits per heavy atom. The second-order valence-electron chi connectivity index (χ2n) is 5.14. The van der Waals surface area contributed by atoms with Crippen molar-refractivity contribution in [3.05, 3.63) is 29.8 Å². The van der Waals surface area contributed by atoms with E-state index < -0.39 is 16.0 Å². The molecule has 21 heavy (non-hydrogen) atoms. The van der Waals surface area contributed by atoms with Crippen molar-refractivity contribution in [2.75, 3.05) is 13.2 Å². The number of sulfonamides is 1. The fourth-order valence-electron chi connectivity index (χ4n) is 2.36. The molecule has 1 aliphatic rings. The Hall–Kier alpha value is -1.44. The van der Waals surface area contributed by atoms with E-state index in [1.807, 2.05) is 0 Å². The van der Waals surface area contributed by atoms with E-state index in [4.69, 9.17) is 10.2 Å². The Labute approximate surface area is 124 Å². The van der Waals surface area contributed by atoms with E-state index in [1.165, 1.54) is 28.6 Å². The van der Waals surface area contributed by atoms with Gasteiger partial charge in [0.25, 0.3) is 0 Å². The minimum Gasteiger partial charge on any atom is -0.481 e. The number of carbonyl (C=O) groups is 1. The van der Waals surface area contributed by atoms with Gasteiger partial charge in [-0.3, -0.25) is 4.79 Å². The molecule has 0 radical (unpaired) electrons. The Kier molecular flexibility index (Phi) is 4.97. The lowest BCUT2D eigenvalue weighted by atomic mass is 9.93. The van der Waals surface area contributed by atoms with Crippen molar-refractivity contribution in [1.29, 1.82) is 0 Å². The average molecular weight is 313 g/mol. The molecule has 1 aliphatic carbocycles. The predicted octanol–water partition coefficient (Wildman–Crippen LogP) is 0.849. The van der Waals surface area contributed by atoms with E-state index in [1.54, 1.807) is 0 Å². The molecule has 7 heteroatoms. The van der Waals surface area contributed by atoms with E-state index in [0.717, 1.165) is 19.3 Å². The Morgan fingerprint density at radius 2 is 1.86 bits per heavy atom. The summed E-state index contributed by atoms with van der Waals surface area (Å²) >= 11 is 0. The highest BCUT2D eigenvalue weighted by molar-refractivity contribution is 7.89. The molecular formula is C14H19NO5S. The molecule has 6 nitrogen and oxygen atoms in total. The maximum atomic E-state index is 12.6. The fraction of sp³-hybridized carbons (Fsp3) is 0.500. The third kappa shape index (κ3) is 3.61. The molecule has 116 valence electrons. The van der Waals surface area contributed by atoms with Gasteiger partial charge in [0.05, 0.1) is 17.9 Å². The summed E-state index contributed by atoms with van der Waals surface area (Å²) in [5, 5.41) is 17.8. The van der Waals surface area contributed by atoms with Crippen molar-refractivity contribution in [3.8, 4) is 0 Å². The number of aliphatic hydroxyl groups excluding tert-OH is 1. The van der Waals surface area contributed by atoms with Gasteiger partial charge in [0, 0.05) is 12.6 Å². The molecule has 2 rings (SSSR count). The number of aliphatic hydroxyl groups is 1. The summed E-state index contributed by atoms with van der Waals surface area (Å²) in [5.74, 6) is -0.956. The average Bonchev–Trinajstić information content (AvgIpc) is 2.36. The molecule has 0 unspecified atom stereocenters. The van der Waals surface area contributed by atoms with Crippen LogP contribution in [0.2, 0.25) is 0 Å². The van der Waals surface area contributed by atoms with Gasteiger partial charge in [-0.1, -0.05) is 18.6 Å². The van der Waals surface area contributed by atoms with Crippen molar-refractivity contribution in [2.24, 2.45) is 0 Å². The number of hydrogen-bond donors (Lipinski definition) is 2. The normalized spacial score (nSPS) is 15.9. The van der Waals surface area contributed by atoms with Crippen LogP contribution in [0.5, 0.6) is 0 Å². The van der Waals surface area contributed by atoms with Crippen LogP contribution < -0.4 is 0 Å². The van der Waals surface area contributed by atoms with Crippen LogP contribution in [0.25, 0.3) is 0 Å². The third-order valence-electron chi connectivity index (χ3n) is 3.69. The molecule has 0 saturated heterocycles. The SMILES string of the molecule is O=C(O)Cc1ccc(S(=O)(=O)N(CCO)C2CCC2)cc1. The molecule has 0 aliphatic heterocycles. The van der Waals surface area contributed by atoms with Crippen molar-refractivity contribution in [3.63, 3.8) is 0 Å². The molecule has 1 fully saturated rings. The summed E-state index contributed by atoms with van der Waals surface area (Å²) in [6.07, 6.45) is 2.50. The highest BCUT2D eigenvalue weighted by atomic mass is 32.2. The fourth-order valence-corrected chi connectivity index (χ4v) is 4.04. The van der Waals surface area contributed by atoms with Gasteiger partial charge in [-0.25, -0.2) is 8.42 Å². The predicted molar refractivity (Wildman–Crippen MR) is 76.4 cm³/mol. The van der Waals surface area contributed by atoms with E-state index in [2.05, 4.69) is 0 Å².